The Kier molecular flexibility index (Phi) is 7.44. The largest absolute Gasteiger partial charge is 0.316 e. The summed E-state index contributed by atoms with van der Waals surface area (Å²) in [5.74, 6) is 0. The molecule has 0 fully saturated rings. The highest BCUT2D eigenvalue weighted by Crippen LogP contribution is 2.08. The van der Waals surface area contributed by atoms with E-state index in [1.807, 2.05) is 12.3 Å². The van der Waals surface area contributed by atoms with Gasteiger partial charge < -0.3 is 4.57 Å². The summed E-state index contributed by atoms with van der Waals surface area (Å²) < 4.78 is 1.80. The van der Waals surface area contributed by atoms with Gasteiger partial charge >= 0.3 is 0 Å². The fourth-order valence-corrected chi connectivity index (χ4v) is 2.06. The molecule has 2 heteroatoms. The summed E-state index contributed by atoms with van der Waals surface area (Å²) >= 11 is 0. The van der Waals surface area contributed by atoms with E-state index in [0.29, 0.717) is 0 Å². The van der Waals surface area contributed by atoms with Gasteiger partial charge in [-0.2, -0.15) is 0 Å². The maximum atomic E-state index is 11.4. The minimum absolute atomic E-state index is 0.121. The first-order valence-corrected chi connectivity index (χ1v) is 7.00. The van der Waals surface area contributed by atoms with Crippen LogP contribution in [0.1, 0.15) is 58.3 Å². The van der Waals surface area contributed by atoms with Crippen LogP contribution in [0.25, 0.3) is 0 Å². The SMILES string of the molecule is CCCCCCCCCCn1ccccc1=O. The van der Waals surface area contributed by atoms with Gasteiger partial charge in [-0.15, -0.1) is 0 Å². The lowest BCUT2D eigenvalue weighted by Crippen LogP contribution is -2.17. The molecule has 0 amide bonds. The number of hydrogen-bond donors (Lipinski definition) is 0. The smallest absolute Gasteiger partial charge is 0.250 e. The van der Waals surface area contributed by atoms with E-state index in [1.54, 1.807) is 16.7 Å². The van der Waals surface area contributed by atoms with Crippen LogP contribution < -0.4 is 5.56 Å². The van der Waals surface area contributed by atoms with Crippen LogP contribution in [-0.4, -0.2) is 4.57 Å². The Balaban J connectivity index is 2.01. The summed E-state index contributed by atoms with van der Waals surface area (Å²) in [4.78, 5) is 11.4. The van der Waals surface area contributed by atoms with E-state index in [9.17, 15) is 4.79 Å². The average molecular weight is 235 g/mol. The lowest BCUT2D eigenvalue weighted by Gasteiger charge is -2.04. The summed E-state index contributed by atoms with van der Waals surface area (Å²) in [5.41, 5.74) is 0.121. The fourth-order valence-electron chi connectivity index (χ4n) is 2.06. The lowest BCUT2D eigenvalue weighted by atomic mass is 10.1. The van der Waals surface area contributed by atoms with Crippen LogP contribution >= 0.6 is 0 Å². The van der Waals surface area contributed by atoms with Crippen LogP contribution in [0.3, 0.4) is 0 Å². The zero-order valence-corrected chi connectivity index (χ0v) is 11.0. The second-order valence-corrected chi connectivity index (χ2v) is 4.71. The lowest BCUT2D eigenvalue weighted by molar-refractivity contribution is 0.537. The molecule has 0 atom stereocenters. The van der Waals surface area contributed by atoms with Gasteiger partial charge in [0.25, 0.3) is 0 Å². The van der Waals surface area contributed by atoms with Crippen LogP contribution in [0.2, 0.25) is 0 Å². The molecule has 0 aromatic carbocycles. The number of nitrogens with zero attached hydrogens (tertiary/aromatic N) is 1. The van der Waals surface area contributed by atoms with E-state index in [1.165, 1.54) is 44.9 Å². The van der Waals surface area contributed by atoms with Crippen molar-refractivity contribution >= 4 is 0 Å². The molecule has 0 radical (unpaired) electrons. The van der Waals surface area contributed by atoms with Gasteiger partial charge in [-0.1, -0.05) is 57.9 Å². The van der Waals surface area contributed by atoms with Crippen molar-refractivity contribution in [1.29, 1.82) is 0 Å². The van der Waals surface area contributed by atoms with Crippen molar-refractivity contribution in [2.45, 2.75) is 64.8 Å². The minimum atomic E-state index is 0.121. The van der Waals surface area contributed by atoms with Gasteiger partial charge in [0.05, 0.1) is 0 Å². The summed E-state index contributed by atoms with van der Waals surface area (Å²) in [6.45, 7) is 3.12. The minimum Gasteiger partial charge on any atom is -0.316 e. The molecule has 17 heavy (non-hydrogen) atoms. The van der Waals surface area contributed by atoms with Gasteiger partial charge in [-0.25, -0.2) is 0 Å². The Labute approximate surface area is 105 Å². The monoisotopic (exact) mass is 235 g/mol. The number of aryl methyl sites for hydroxylation is 1. The predicted molar refractivity (Wildman–Crippen MR) is 73.3 cm³/mol. The van der Waals surface area contributed by atoms with Crippen LogP contribution in [-0.2, 0) is 6.54 Å². The van der Waals surface area contributed by atoms with Gasteiger partial charge in [-0.05, 0) is 12.5 Å². The van der Waals surface area contributed by atoms with Crippen molar-refractivity contribution in [3.8, 4) is 0 Å². The molecule has 0 unspecified atom stereocenters. The second kappa shape index (κ2) is 9.03. The predicted octanol–water partition coefficient (Wildman–Crippen LogP) is 3.99. The highest BCUT2D eigenvalue weighted by Gasteiger charge is 1.94. The fraction of sp³-hybridized carbons (Fsp3) is 0.667. The number of hydrogen-bond acceptors (Lipinski definition) is 1. The zero-order chi connectivity index (χ0) is 12.3. The third-order valence-electron chi connectivity index (χ3n) is 3.15. The van der Waals surface area contributed by atoms with Gasteiger partial charge in [0.15, 0.2) is 0 Å². The molecule has 1 aromatic rings. The Morgan fingerprint density at radius 3 is 2.24 bits per heavy atom. The summed E-state index contributed by atoms with van der Waals surface area (Å²) in [6.07, 6.45) is 12.4. The van der Waals surface area contributed by atoms with Crippen molar-refractivity contribution in [3.63, 3.8) is 0 Å². The molecule has 0 saturated carbocycles. The molecular formula is C15H25NO. The first-order chi connectivity index (χ1) is 8.34. The Morgan fingerprint density at radius 2 is 1.59 bits per heavy atom. The Hall–Kier alpha value is -1.05. The topological polar surface area (TPSA) is 22.0 Å². The molecule has 0 saturated heterocycles. The standard InChI is InChI=1S/C15H25NO/c1-2-3-4-5-6-7-8-10-13-16-14-11-9-12-15(16)17/h9,11-12,14H,2-8,10,13H2,1H3. The maximum absolute atomic E-state index is 11.4. The molecular weight excluding hydrogens is 210 g/mol. The molecule has 0 aliphatic heterocycles. The van der Waals surface area contributed by atoms with Gasteiger partial charge in [0.2, 0.25) is 5.56 Å². The summed E-state index contributed by atoms with van der Waals surface area (Å²) in [7, 11) is 0. The highest BCUT2D eigenvalue weighted by atomic mass is 16.1. The van der Waals surface area contributed by atoms with Gasteiger partial charge in [-0.3, -0.25) is 4.79 Å². The van der Waals surface area contributed by atoms with Crippen LogP contribution in [0, 0.1) is 0 Å². The molecule has 0 aliphatic rings. The van der Waals surface area contributed by atoms with Crippen LogP contribution in [0.4, 0.5) is 0 Å². The Morgan fingerprint density at radius 1 is 0.941 bits per heavy atom. The molecule has 2 nitrogen and oxygen atoms in total. The summed E-state index contributed by atoms with van der Waals surface area (Å²) in [6, 6.07) is 5.35. The third-order valence-corrected chi connectivity index (χ3v) is 3.15. The van der Waals surface area contributed by atoms with Crippen LogP contribution in [0.5, 0.6) is 0 Å². The number of pyridine rings is 1. The normalized spacial score (nSPS) is 10.6. The molecule has 1 rings (SSSR count). The number of rotatable bonds is 9. The average Bonchev–Trinajstić information content (AvgIpc) is 2.35. The van der Waals surface area contributed by atoms with E-state index in [2.05, 4.69) is 6.92 Å². The van der Waals surface area contributed by atoms with E-state index < -0.39 is 0 Å². The Bertz CT molecular complexity index is 343. The van der Waals surface area contributed by atoms with Crippen LogP contribution in [0.15, 0.2) is 29.2 Å². The van der Waals surface area contributed by atoms with Gasteiger partial charge in [0.1, 0.15) is 0 Å². The van der Waals surface area contributed by atoms with Gasteiger partial charge in [0, 0.05) is 18.8 Å². The van der Waals surface area contributed by atoms with Crippen molar-refractivity contribution in [2.75, 3.05) is 0 Å². The maximum Gasteiger partial charge on any atom is 0.250 e. The van der Waals surface area contributed by atoms with E-state index in [4.69, 9.17) is 0 Å². The van der Waals surface area contributed by atoms with Crippen molar-refractivity contribution < 1.29 is 0 Å². The van der Waals surface area contributed by atoms with Crippen molar-refractivity contribution in [2.24, 2.45) is 0 Å². The molecule has 1 heterocycles. The molecule has 0 N–H and O–H groups in total. The van der Waals surface area contributed by atoms with Crippen molar-refractivity contribution in [1.82, 2.24) is 4.57 Å². The van der Waals surface area contributed by atoms with E-state index in [-0.39, 0.29) is 5.56 Å². The molecule has 0 spiro atoms. The number of aromatic nitrogens is 1. The van der Waals surface area contributed by atoms with E-state index >= 15 is 0 Å². The highest BCUT2D eigenvalue weighted by molar-refractivity contribution is 4.92. The third kappa shape index (κ3) is 6.30. The zero-order valence-electron chi connectivity index (χ0n) is 11.0. The first-order valence-electron chi connectivity index (χ1n) is 7.00. The molecule has 96 valence electrons. The number of unbranched alkanes of at least 4 members (excludes halogenated alkanes) is 7. The quantitative estimate of drug-likeness (QED) is 0.593. The van der Waals surface area contributed by atoms with Crippen molar-refractivity contribution in [3.05, 3.63) is 34.7 Å². The molecule has 0 aliphatic carbocycles. The summed E-state index contributed by atoms with van der Waals surface area (Å²) in [5, 5.41) is 0. The van der Waals surface area contributed by atoms with E-state index in [0.717, 1.165) is 13.0 Å². The first kappa shape index (κ1) is 14.0. The molecule has 0 bridgehead atoms. The molecule has 1 aromatic heterocycles. The second-order valence-electron chi connectivity index (χ2n) is 4.71.